The first-order chi connectivity index (χ1) is 17.2. The van der Waals surface area contributed by atoms with Crippen LogP contribution in [0, 0.1) is 34.4 Å². The second kappa shape index (κ2) is 8.40. The Hall–Kier alpha value is -4.89. The summed E-state index contributed by atoms with van der Waals surface area (Å²) in [6.07, 6.45) is 5.17. The summed E-state index contributed by atoms with van der Waals surface area (Å²) >= 11 is 0. The largest absolute Gasteiger partial charge is 0.311 e. The molecule has 0 aliphatic rings. The van der Waals surface area contributed by atoms with Crippen LogP contribution < -0.4 is 5.62 Å². The first-order valence-corrected chi connectivity index (χ1v) is 11.0. The monoisotopic (exact) mass is 479 g/mol. The van der Waals surface area contributed by atoms with Gasteiger partial charge in [-0.2, -0.15) is 10.5 Å². The van der Waals surface area contributed by atoms with Gasteiger partial charge in [0, 0.05) is 18.5 Å². The van der Waals surface area contributed by atoms with Crippen molar-refractivity contribution in [2.24, 2.45) is 12.0 Å². The topological polar surface area (TPSA) is 95.6 Å². The molecular formula is C27H19F2N7. The van der Waals surface area contributed by atoms with Crippen molar-refractivity contribution in [1.29, 1.82) is 10.5 Å². The maximum atomic E-state index is 13.9. The summed E-state index contributed by atoms with van der Waals surface area (Å²) in [6.45, 7) is 3.57. The van der Waals surface area contributed by atoms with E-state index in [0.717, 1.165) is 6.07 Å². The van der Waals surface area contributed by atoms with Crippen LogP contribution in [0.15, 0.2) is 65.9 Å². The number of benzene rings is 2. The van der Waals surface area contributed by atoms with Gasteiger partial charge >= 0.3 is 0 Å². The highest BCUT2D eigenvalue weighted by Crippen LogP contribution is 2.31. The molecule has 5 aromatic rings. The number of nitrogens with zero attached hydrogens (tertiary/aromatic N) is 7. The Labute approximate surface area is 204 Å². The van der Waals surface area contributed by atoms with E-state index in [1.165, 1.54) is 12.1 Å². The molecule has 0 saturated heterocycles. The van der Waals surface area contributed by atoms with Crippen LogP contribution in [0.25, 0.3) is 38.8 Å². The highest BCUT2D eigenvalue weighted by molar-refractivity contribution is 6.04. The van der Waals surface area contributed by atoms with Gasteiger partial charge in [-0.1, -0.05) is 6.07 Å². The van der Waals surface area contributed by atoms with E-state index in [-0.39, 0.29) is 0 Å². The van der Waals surface area contributed by atoms with E-state index in [4.69, 9.17) is 0 Å². The number of aryl methyl sites for hydroxylation is 1. The molecule has 7 nitrogen and oxygen atoms in total. The van der Waals surface area contributed by atoms with Gasteiger partial charge in [0.15, 0.2) is 0 Å². The van der Waals surface area contributed by atoms with Crippen LogP contribution >= 0.6 is 0 Å². The Bertz CT molecular complexity index is 1790. The van der Waals surface area contributed by atoms with Crippen molar-refractivity contribution in [2.45, 2.75) is 19.3 Å². The van der Waals surface area contributed by atoms with Gasteiger partial charge in [0.25, 0.3) is 0 Å². The normalized spacial score (nSPS) is 12.1. The summed E-state index contributed by atoms with van der Waals surface area (Å²) in [5.74, 6) is -1.34. The summed E-state index contributed by atoms with van der Waals surface area (Å²) in [6, 6.07) is 14.5. The van der Waals surface area contributed by atoms with Gasteiger partial charge in [-0.05, 0) is 61.4 Å². The molecule has 176 valence electrons. The smallest absolute Gasteiger partial charge is 0.226 e. The number of pyridine rings is 2. The second-order valence-electron chi connectivity index (χ2n) is 8.93. The zero-order chi connectivity index (χ0) is 25.6. The van der Waals surface area contributed by atoms with Gasteiger partial charge in [0.1, 0.15) is 11.6 Å². The van der Waals surface area contributed by atoms with Crippen LogP contribution in [0.3, 0.4) is 0 Å². The molecule has 3 heterocycles. The summed E-state index contributed by atoms with van der Waals surface area (Å²) < 4.78 is 31.4. The standard InChI is InChI=1S/C27H19F2N7/c1-27(2,14-30)24-7-5-20(12-33-24)36-25-21-10-16(17-8-18(28)11-19(29)9-17)4-6-22(21)32-13-23(25)35(3)26(36)34-15-31/h4-13H,1-3H3. The zero-order valence-electron chi connectivity index (χ0n) is 19.7. The average molecular weight is 479 g/mol. The van der Waals surface area contributed by atoms with E-state index in [2.05, 4.69) is 21.0 Å². The molecular weight excluding hydrogens is 460 g/mol. The molecule has 0 aliphatic heterocycles. The van der Waals surface area contributed by atoms with Crippen LogP contribution in [0.1, 0.15) is 19.5 Å². The number of imidazole rings is 1. The van der Waals surface area contributed by atoms with Gasteiger partial charge in [-0.15, -0.1) is 4.99 Å². The van der Waals surface area contributed by atoms with E-state index in [1.54, 1.807) is 60.6 Å². The van der Waals surface area contributed by atoms with E-state index in [1.807, 2.05) is 18.3 Å². The van der Waals surface area contributed by atoms with Gasteiger partial charge in [0.2, 0.25) is 11.8 Å². The molecule has 0 spiro atoms. The Morgan fingerprint density at radius 1 is 0.917 bits per heavy atom. The Kier molecular flexibility index (Phi) is 5.34. The fourth-order valence-corrected chi connectivity index (χ4v) is 4.27. The number of nitriles is 2. The molecule has 0 amide bonds. The molecule has 0 unspecified atom stereocenters. The summed E-state index contributed by atoms with van der Waals surface area (Å²) in [4.78, 5) is 13.1. The van der Waals surface area contributed by atoms with Crippen molar-refractivity contribution >= 4 is 21.9 Å². The molecule has 0 fully saturated rings. The van der Waals surface area contributed by atoms with Crippen molar-refractivity contribution in [3.05, 3.63) is 83.9 Å². The Morgan fingerprint density at radius 2 is 1.67 bits per heavy atom. The third-order valence-electron chi connectivity index (χ3n) is 6.18. The number of hydrogen-bond acceptors (Lipinski definition) is 5. The quantitative estimate of drug-likeness (QED) is 0.339. The molecule has 9 heteroatoms. The molecule has 0 N–H and O–H groups in total. The van der Waals surface area contributed by atoms with Crippen LogP contribution in [0.2, 0.25) is 0 Å². The van der Waals surface area contributed by atoms with Crippen molar-refractivity contribution in [3.63, 3.8) is 0 Å². The third-order valence-corrected chi connectivity index (χ3v) is 6.18. The lowest BCUT2D eigenvalue weighted by atomic mass is 9.91. The summed E-state index contributed by atoms with van der Waals surface area (Å²) in [5, 5.41) is 19.6. The molecule has 0 atom stereocenters. The molecule has 0 radical (unpaired) electrons. The molecule has 0 aliphatic carbocycles. The van der Waals surface area contributed by atoms with Crippen molar-refractivity contribution in [2.75, 3.05) is 0 Å². The van der Waals surface area contributed by atoms with Crippen molar-refractivity contribution in [3.8, 4) is 29.1 Å². The maximum Gasteiger partial charge on any atom is 0.226 e. The first-order valence-electron chi connectivity index (χ1n) is 11.0. The number of hydrogen-bond donors (Lipinski definition) is 0. The molecule has 3 aromatic heterocycles. The third kappa shape index (κ3) is 3.68. The van der Waals surface area contributed by atoms with E-state index < -0.39 is 17.0 Å². The average Bonchev–Trinajstić information content (AvgIpc) is 3.15. The first kappa shape index (κ1) is 22.9. The van der Waals surface area contributed by atoms with Crippen LogP contribution in [0.4, 0.5) is 8.78 Å². The molecule has 2 aromatic carbocycles. The predicted molar refractivity (Wildman–Crippen MR) is 131 cm³/mol. The molecule has 5 rings (SSSR count). The van der Waals surface area contributed by atoms with Gasteiger partial charge in [-0.25, -0.2) is 8.78 Å². The number of fused-ring (bicyclic) bond motifs is 3. The predicted octanol–water partition coefficient (Wildman–Crippen LogP) is 5.04. The summed E-state index contributed by atoms with van der Waals surface area (Å²) in [7, 11) is 1.77. The molecule has 0 bridgehead atoms. The lowest BCUT2D eigenvalue weighted by Gasteiger charge is -2.15. The lowest BCUT2D eigenvalue weighted by Crippen LogP contribution is -2.23. The van der Waals surface area contributed by atoms with Gasteiger partial charge in [-0.3, -0.25) is 14.5 Å². The number of rotatable bonds is 3. The van der Waals surface area contributed by atoms with Crippen LogP contribution in [0.5, 0.6) is 0 Å². The van der Waals surface area contributed by atoms with E-state index in [9.17, 15) is 19.3 Å². The zero-order valence-corrected chi connectivity index (χ0v) is 19.7. The fraction of sp³-hybridized carbons (Fsp3) is 0.148. The Morgan fingerprint density at radius 3 is 2.31 bits per heavy atom. The van der Waals surface area contributed by atoms with Crippen molar-refractivity contribution < 1.29 is 8.78 Å². The Balaban J connectivity index is 1.85. The molecule has 0 saturated carbocycles. The van der Waals surface area contributed by atoms with Crippen LogP contribution in [-0.2, 0) is 12.5 Å². The highest BCUT2D eigenvalue weighted by Gasteiger charge is 2.22. The maximum absolute atomic E-state index is 13.9. The lowest BCUT2D eigenvalue weighted by molar-refractivity contribution is 0.584. The minimum atomic E-state index is -0.770. The minimum Gasteiger partial charge on any atom is -0.311 e. The van der Waals surface area contributed by atoms with E-state index >= 15 is 0 Å². The SMILES string of the molecule is Cn1c(=NC#N)n(-c2ccc(C(C)(C)C#N)nc2)c2c3cc(-c4cc(F)cc(F)c4)ccc3ncc21. The molecule has 36 heavy (non-hydrogen) atoms. The van der Waals surface area contributed by atoms with Gasteiger partial charge in [0.05, 0.1) is 51.8 Å². The highest BCUT2D eigenvalue weighted by atomic mass is 19.1. The summed E-state index contributed by atoms with van der Waals surface area (Å²) in [5.41, 5.74) is 3.85. The van der Waals surface area contributed by atoms with Crippen molar-refractivity contribution in [1.82, 2.24) is 19.1 Å². The number of aromatic nitrogens is 4. The second-order valence-corrected chi connectivity index (χ2v) is 8.93. The fourth-order valence-electron chi connectivity index (χ4n) is 4.27. The van der Waals surface area contributed by atoms with E-state index in [0.29, 0.717) is 50.1 Å². The minimum absolute atomic E-state index is 0.345. The van der Waals surface area contributed by atoms with Gasteiger partial charge < -0.3 is 4.57 Å². The van der Waals surface area contributed by atoms with Crippen LogP contribution in [-0.4, -0.2) is 19.1 Å². The number of halogens is 2.